The van der Waals surface area contributed by atoms with Crippen molar-refractivity contribution in [2.75, 3.05) is 6.61 Å². The molecular formula is C11H18O3. The van der Waals surface area contributed by atoms with Crippen molar-refractivity contribution in [1.29, 1.82) is 0 Å². The van der Waals surface area contributed by atoms with Crippen LogP contribution in [-0.4, -0.2) is 23.3 Å². The lowest BCUT2D eigenvalue weighted by Gasteiger charge is -2.36. The molecule has 0 aromatic carbocycles. The van der Waals surface area contributed by atoms with E-state index in [2.05, 4.69) is 13.5 Å². The summed E-state index contributed by atoms with van der Waals surface area (Å²) in [7, 11) is 0. The van der Waals surface area contributed by atoms with E-state index in [0.29, 0.717) is 13.0 Å². The molecule has 1 saturated heterocycles. The largest absolute Gasteiger partial charge is 0.481 e. The molecule has 3 nitrogen and oxygen atoms in total. The van der Waals surface area contributed by atoms with Gasteiger partial charge >= 0.3 is 5.97 Å². The summed E-state index contributed by atoms with van der Waals surface area (Å²) in [4.78, 5) is 10.7. The number of carbonyl (C=O) groups is 1. The molecule has 2 unspecified atom stereocenters. The molecule has 0 radical (unpaired) electrons. The van der Waals surface area contributed by atoms with Crippen LogP contribution in [0.4, 0.5) is 0 Å². The van der Waals surface area contributed by atoms with Gasteiger partial charge in [-0.1, -0.05) is 19.4 Å². The van der Waals surface area contributed by atoms with Gasteiger partial charge in [-0.3, -0.25) is 4.79 Å². The summed E-state index contributed by atoms with van der Waals surface area (Å²) in [5.41, 5.74) is -0.263. The third-order valence-electron chi connectivity index (χ3n) is 2.88. The molecule has 80 valence electrons. The highest BCUT2D eigenvalue weighted by Gasteiger charge is 2.35. The fourth-order valence-corrected chi connectivity index (χ4v) is 1.92. The first kappa shape index (κ1) is 11.2. The molecule has 0 bridgehead atoms. The van der Waals surface area contributed by atoms with Crippen molar-refractivity contribution in [3.63, 3.8) is 0 Å². The predicted octanol–water partition coefficient (Wildman–Crippen LogP) is 2.22. The van der Waals surface area contributed by atoms with Crippen LogP contribution in [0.5, 0.6) is 0 Å². The zero-order valence-electron chi connectivity index (χ0n) is 8.66. The van der Waals surface area contributed by atoms with Crippen molar-refractivity contribution < 1.29 is 14.6 Å². The van der Waals surface area contributed by atoms with E-state index in [4.69, 9.17) is 9.84 Å². The van der Waals surface area contributed by atoms with Crippen LogP contribution < -0.4 is 0 Å². The van der Waals surface area contributed by atoms with Crippen molar-refractivity contribution in [2.45, 2.75) is 38.2 Å². The van der Waals surface area contributed by atoms with E-state index in [-0.39, 0.29) is 11.5 Å². The van der Waals surface area contributed by atoms with Crippen molar-refractivity contribution >= 4 is 5.97 Å². The molecule has 1 aliphatic heterocycles. The maximum Gasteiger partial charge on any atom is 0.308 e. The Hall–Kier alpha value is -0.830. The Bertz CT molecular complexity index is 215. The van der Waals surface area contributed by atoms with Gasteiger partial charge in [-0.25, -0.2) is 0 Å². The van der Waals surface area contributed by atoms with Crippen molar-refractivity contribution in [3.8, 4) is 0 Å². The number of rotatable bonds is 4. The topological polar surface area (TPSA) is 46.5 Å². The highest BCUT2D eigenvalue weighted by atomic mass is 16.5. The average Bonchev–Trinajstić information content (AvgIpc) is 2.19. The first-order chi connectivity index (χ1) is 6.63. The van der Waals surface area contributed by atoms with E-state index in [1.165, 1.54) is 0 Å². The summed E-state index contributed by atoms with van der Waals surface area (Å²) in [5, 5.41) is 8.81. The Morgan fingerprint density at radius 1 is 1.79 bits per heavy atom. The number of hydrogen-bond donors (Lipinski definition) is 1. The number of aliphatic carboxylic acids is 1. The van der Waals surface area contributed by atoms with Gasteiger partial charge in [0.1, 0.15) is 0 Å². The number of carboxylic acid groups (broad SMARTS) is 1. The minimum Gasteiger partial charge on any atom is -0.481 e. The van der Waals surface area contributed by atoms with Gasteiger partial charge < -0.3 is 9.84 Å². The number of carboxylic acids is 1. The Labute approximate surface area is 84.8 Å². The molecule has 1 aliphatic rings. The van der Waals surface area contributed by atoms with Gasteiger partial charge in [0, 0.05) is 0 Å². The van der Waals surface area contributed by atoms with Crippen molar-refractivity contribution in [2.24, 2.45) is 5.92 Å². The lowest BCUT2D eigenvalue weighted by Crippen LogP contribution is -2.39. The van der Waals surface area contributed by atoms with Gasteiger partial charge in [-0.05, 0) is 19.3 Å². The Morgan fingerprint density at radius 2 is 2.50 bits per heavy atom. The standard InChI is InChI=1S/C11H18O3/c1-3-6-11(4-2)7-5-9(8-14-11)10(12)13/h4,9H,2-3,5-8H2,1H3,(H,12,13). The third-order valence-corrected chi connectivity index (χ3v) is 2.88. The lowest BCUT2D eigenvalue weighted by molar-refractivity contribution is -0.152. The molecular weight excluding hydrogens is 180 g/mol. The summed E-state index contributed by atoms with van der Waals surface area (Å²) in [6, 6.07) is 0. The molecule has 1 rings (SSSR count). The first-order valence-corrected chi connectivity index (χ1v) is 5.14. The van der Waals surface area contributed by atoms with E-state index < -0.39 is 5.97 Å². The predicted molar refractivity (Wildman–Crippen MR) is 54.1 cm³/mol. The van der Waals surface area contributed by atoms with E-state index in [1.807, 2.05) is 6.08 Å². The monoisotopic (exact) mass is 198 g/mol. The second kappa shape index (κ2) is 4.60. The quantitative estimate of drug-likeness (QED) is 0.704. The van der Waals surface area contributed by atoms with Gasteiger partial charge in [0.25, 0.3) is 0 Å². The van der Waals surface area contributed by atoms with Gasteiger partial charge in [0.05, 0.1) is 18.1 Å². The highest BCUT2D eigenvalue weighted by Crippen LogP contribution is 2.32. The van der Waals surface area contributed by atoms with Gasteiger partial charge in [0.15, 0.2) is 0 Å². The lowest BCUT2D eigenvalue weighted by atomic mass is 9.86. The third kappa shape index (κ3) is 2.35. The smallest absolute Gasteiger partial charge is 0.308 e. The zero-order valence-corrected chi connectivity index (χ0v) is 8.66. The molecule has 0 spiro atoms. The fraction of sp³-hybridized carbons (Fsp3) is 0.727. The Kier molecular flexibility index (Phi) is 3.69. The SMILES string of the molecule is C=CC1(CCC)CCC(C(=O)O)CO1. The zero-order chi connectivity index (χ0) is 10.6. The molecule has 0 aromatic rings. The van der Waals surface area contributed by atoms with Crippen LogP contribution >= 0.6 is 0 Å². The molecule has 1 fully saturated rings. The summed E-state index contributed by atoms with van der Waals surface area (Å²) in [5.74, 6) is -1.08. The van der Waals surface area contributed by atoms with Gasteiger partial charge in [-0.15, -0.1) is 6.58 Å². The summed E-state index contributed by atoms with van der Waals surface area (Å²) >= 11 is 0. The molecule has 2 atom stereocenters. The number of ether oxygens (including phenoxy) is 1. The Morgan fingerprint density at radius 3 is 2.86 bits per heavy atom. The maximum atomic E-state index is 10.7. The van der Waals surface area contributed by atoms with E-state index in [0.717, 1.165) is 19.3 Å². The molecule has 0 aliphatic carbocycles. The summed E-state index contributed by atoms with van der Waals surface area (Å²) in [6.07, 6.45) is 5.27. The van der Waals surface area contributed by atoms with Gasteiger partial charge in [0.2, 0.25) is 0 Å². The minimum absolute atomic E-state index is 0.263. The molecule has 14 heavy (non-hydrogen) atoms. The van der Waals surface area contributed by atoms with Crippen LogP contribution in [0.3, 0.4) is 0 Å². The molecule has 0 saturated carbocycles. The van der Waals surface area contributed by atoms with E-state index >= 15 is 0 Å². The second-order valence-corrected chi connectivity index (χ2v) is 3.90. The van der Waals surface area contributed by atoms with E-state index in [1.54, 1.807) is 0 Å². The second-order valence-electron chi connectivity index (χ2n) is 3.90. The van der Waals surface area contributed by atoms with E-state index in [9.17, 15) is 4.79 Å². The van der Waals surface area contributed by atoms with Crippen molar-refractivity contribution in [3.05, 3.63) is 12.7 Å². The van der Waals surface area contributed by atoms with Crippen LogP contribution in [0.1, 0.15) is 32.6 Å². The fourth-order valence-electron chi connectivity index (χ4n) is 1.92. The van der Waals surface area contributed by atoms with Gasteiger partial charge in [-0.2, -0.15) is 0 Å². The summed E-state index contributed by atoms with van der Waals surface area (Å²) < 4.78 is 5.63. The van der Waals surface area contributed by atoms with Crippen LogP contribution in [0, 0.1) is 5.92 Å². The number of hydrogen-bond acceptors (Lipinski definition) is 2. The maximum absolute atomic E-state index is 10.7. The van der Waals surface area contributed by atoms with Crippen LogP contribution in [-0.2, 0) is 9.53 Å². The molecule has 3 heteroatoms. The average molecular weight is 198 g/mol. The van der Waals surface area contributed by atoms with Crippen LogP contribution in [0.2, 0.25) is 0 Å². The molecule has 1 N–H and O–H groups in total. The highest BCUT2D eigenvalue weighted by molar-refractivity contribution is 5.70. The minimum atomic E-state index is -0.751. The Balaban J connectivity index is 2.54. The molecule has 0 aromatic heterocycles. The normalized spacial score (nSPS) is 32.5. The molecule has 0 amide bonds. The molecule has 1 heterocycles. The van der Waals surface area contributed by atoms with Crippen LogP contribution in [0.25, 0.3) is 0 Å². The van der Waals surface area contributed by atoms with Crippen LogP contribution in [0.15, 0.2) is 12.7 Å². The summed E-state index contributed by atoms with van der Waals surface area (Å²) in [6.45, 7) is 6.19. The first-order valence-electron chi connectivity index (χ1n) is 5.14. The van der Waals surface area contributed by atoms with Crippen molar-refractivity contribution in [1.82, 2.24) is 0 Å².